The van der Waals surface area contributed by atoms with Crippen molar-refractivity contribution in [2.45, 2.75) is 4.90 Å². The van der Waals surface area contributed by atoms with Crippen molar-refractivity contribution >= 4 is 16.2 Å². The smallest absolute Gasteiger partial charge is 0.258 e. The molecule has 0 aliphatic rings. The van der Waals surface area contributed by atoms with E-state index < -0.39 is 15.4 Å². The summed E-state index contributed by atoms with van der Waals surface area (Å²) in [6.45, 7) is 0. The summed E-state index contributed by atoms with van der Waals surface area (Å²) < 4.78 is 25.7. The molecule has 0 spiro atoms. The number of nitrogens with two attached hydrogens (primary N) is 1. The number of rotatable bonds is 3. The van der Waals surface area contributed by atoms with Gasteiger partial charge in [0.15, 0.2) is 0 Å². The SMILES string of the molecule is NO[S+]([O])(=O)c1cccc([N+](=O)[O-])c1. The molecule has 0 aliphatic heterocycles. The Bertz CT molecular complexity index is 407. The monoisotopic (exact) mass is 218 g/mol. The van der Waals surface area contributed by atoms with Gasteiger partial charge in [-0.1, -0.05) is 6.07 Å². The fourth-order valence-electron chi connectivity index (χ4n) is 0.808. The largest absolute Gasteiger partial charge is 0.447 e. The lowest BCUT2D eigenvalue weighted by molar-refractivity contribution is -0.385. The first kappa shape index (κ1) is 10.7. The molecule has 0 saturated heterocycles. The molecule has 0 aliphatic carbocycles. The Morgan fingerprint density at radius 2 is 2.14 bits per heavy atom. The zero-order chi connectivity index (χ0) is 10.8. The van der Waals surface area contributed by atoms with E-state index in [0.717, 1.165) is 18.2 Å². The third-order valence-corrected chi connectivity index (χ3v) is 2.53. The molecular weight excluding hydrogens is 212 g/mol. The van der Waals surface area contributed by atoms with Gasteiger partial charge in [0.2, 0.25) is 4.90 Å². The van der Waals surface area contributed by atoms with Crippen LogP contribution in [-0.4, -0.2) is 4.92 Å². The molecule has 1 rings (SSSR count). The fraction of sp³-hybridized carbons (Fsp3) is 0. The predicted octanol–water partition coefficient (Wildman–Crippen LogP) is 0.604. The first-order valence-electron chi connectivity index (χ1n) is 3.35. The van der Waals surface area contributed by atoms with Gasteiger partial charge in [-0.15, -0.1) is 0 Å². The number of hydrogen-bond donors (Lipinski definition) is 1. The van der Waals surface area contributed by atoms with Crippen LogP contribution in [0.25, 0.3) is 0 Å². The van der Waals surface area contributed by atoms with Crippen LogP contribution in [0.2, 0.25) is 0 Å². The average Bonchev–Trinajstić information content (AvgIpc) is 2.18. The van der Waals surface area contributed by atoms with E-state index in [4.69, 9.17) is 0 Å². The molecule has 0 heterocycles. The number of benzene rings is 1. The molecule has 1 atom stereocenters. The molecular formula is C6H6N2O5S+. The maximum absolute atomic E-state index is 11.0. The van der Waals surface area contributed by atoms with Gasteiger partial charge in [-0.05, 0) is 8.49 Å². The molecule has 0 fully saturated rings. The van der Waals surface area contributed by atoms with Crippen LogP contribution in [0.1, 0.15) is 0 Å². The Kier molecular flexibility index (Phi) is 2.91. The van der Waals surface area contributed by atoms with E-state index in [1.807, 2.05) is 0 Å². The van der Waals surface area contributed by atoms with Crippen LogP contribution in [-0.2, 0) is 23.5 Å². The van der Waals surface area contributed by atoms with E-state index in [1.54, 1.807) is 0 Å². The maximum Gasteiger partial charge on any atom is 0.447 e. The summed E-state index contributed by atoms with van der Waals surface area (Å²) in [7, 11) is -4.08. The molecule has 1 unspecified atom stereocenters. The van der Waals surface area contributed by atoms with E-state index in [9.17, 15) is 18.9 Å². The molecule has 8 heteroatoms. The molecule has 14 heavy (non-hydrogen) atoms. The average molecular weight is 218 g/mol. The summed E-state index contributed by atoms with van der Waals surface area (Å²) in [5.41, 5.74) is -0.344. The van der Waals surface area contributed by atoms with Gasteiger partial charge < -0.3 is 0 Å². The van der Waals surface area contributed by atoms with Gasteiger partial charge >= 0.3 is 10.5 Å². The molecule has 0 amide bonds. The number of nitro groups is 1. The summed E-state index contributed by atoms with van der Waals surface area (Å²) in [5, 5.41) is 10.3. The highest BCUT2D eigenvalue weighted by Gasteiger charge is 2.35. The molecule has 2 N–H and O–H groups in total. The predicted molar refractivity (Wildman–Crippen MR) is 45.4 cm³/mol. The molecule has 1 radical (unpaired) electrons. The lowest BCUT2D eigenvalue weighted by Gasteiger charge is -1.95. The second-order valence-electron chi connectivity index (χ2n) is 2.30. The van der Waals surface area contributed by atoms with Gasteiger partial charge in [-0.2, -0.15) is 5.90 Å². The molecule has 0 bridgehead atoms. The van der Waals surface area contributed by atoms with Crippen molar-refractivity contribution in [2.75, 3.05) is 0 Å². The van der Waals surface area contributed by atoms with E-state index >= 15 is 0 Å². The van der Waals surface area contributed by atoms with Crippen LogP contribution in [0.3, 0.4) is 0 Å². The lowest BCUT2D eigenvalue weighted by Crippen LogP contribution is -2.16. The van der Waals surface area contributed by atoms with E-state index in [1.165, 1.54) is 6.07 Å². The lowest BCUT2D eigenvalue weighted by atomic mass is 10.3. The van der Waals surface area contributed by atoms with E-state index in [2.05, 4.69) is 10.2 Å². The van der Waals surface area contributed by atoms with Gasteiger partial charge in [0.1, 0.15) is 0 Å². The molecule has 1 aromatic carbocycles. The van der Waals surface area contributed by atoms with Gasteiger partial charge in [0.25, 0.3) is 5.69 Å². The molecule has 0 saturated carbocycles. The topological polar surface area (TPSA) is 115 Å². The number of hydrogen-bond acceptors (Lipinski definition) is 5. The van der Waals surface area contributed by atoms with Gasteiger partial charge in [0, 0.05) is 12.1 Å². The third-order valence-electron chi connectivity index (χ3n) is 1.44. The Balaban J connectivity index is 3.19. The van der Waals surface area contributed by atoms with Crippen LogP contribution >= 0.6 is 0 Å². The highest BCUT2D eigenvalue weighted by Crippen LogP contribution is 2.21. The fourth-order valence-corrected chi connectivity index (χ4v) is 1.43. The summed E-state index contributed by atoms with van der Waals surface area (Å²) in [6, 6.07) is 4.40. The Hall–Kier alpha value is -1.35. The number of nitrogens with zero attached hydrogens (tertiary/aromatic N) is 1. The summed E-state index contributed by atoms with van der Waals surface area (Å²) in [6.07, 6.45) is 0. The van der Waals surface area contributed by atoms with E-state index in [-0.39, 0.29) is 10.6 Å². The zero-order valence-corrected chi connectivity index (χ0v) is 7.60. The van der Waals surface area contributed by atoms with Crippen molar-refractivity contribution < 1.29 is 18.0 Å². The summed E-state index contributed by atoms with van der Waals surface area (Å²) >= 11 is 0. The van der Waals surface area contributed by atoms with Crippen molar-refractivity contribution in [3.05, 3.63) is 34.4 Å². The first-order chi connectivity index (χ1) is 6.47. The van der Waals surface area contributed by atoms with Gasteiger partial charge in [0.05, 0.1) is 15.5 Å². The van der Waals surface area contributed by atoms with Crippen LogP contribution < -0.4 is 5.90 Å². The number of nitro benzene ring substituents is 1. The molecule has 75 valence electrons. The second kappa shape index (κ2) is 3.80. The second-order valence-corrected chi connectivity index (χ2v) is 3.88. The zero-order valence-electron chi connectivity index (χ0n) is 6.78. The maximum atomic E-state index is 11.0. The van der Waals surface area contributed by atoms with Crippen molar-refractivity contribution in [3.8, 4) is 0 Å². The van der Waals surface area contributed by atoms with E-state index in [0.29, 0.717) is 0 Å². The van der Waals surface area contributed by atoms with Crippen molar-refractivity contribution in [1.82, 2.24) is 0 Å². The third kappa shape index (κ3) is 2.12. The Labute approximate surface area is 80.0 Å². The number of non-ortho nitro benzene ring substituents is 1. The molecule has 1 aromatic rings. The normalized spacial score (nSPS) is 14.7. The van der Waals surface area contributed by atoms with Crippen molar-refractivity contribution in [3.63, 3.8) is 0 Å². The molecule has 7 nitrogen and oxygen atoms in total. The standard InChI is InChI=1S/C6H6N2O5S/c7-13-14(11,12)6-3-1-2-5(4-6)8(9)10/h1-4H,7H2/q+1. The van der Waals surface area contributed by atoms with Crippen molar-refractivity contribution in [2.24, 2.45) is 5.90 Å². The van der Waals surface area contributed by atoms with Gasteiger partial charge in [-0.3, -0.25) is 10.1 Å². The Morgan fingerprint density at radius 1 is 1.50 bits per heavy atom. The van der Waals surface area contributed by atoms with Crippen LogP contribution in [0, 0.1) is 10.1 Å². The quantitative estimate of drug-likeness (QED) is 0.453. The van der Waals surface area contributed by atoms with Crippen molar-refractivity contribution in [1.29, 1.82) is 0 Å². The minimum Gasteiger partial charge on any atom is -0.258 e. The van der Waals surface area contributed by atoms with Crippen LogP contribution in [0.4, 0.5) is 5.69 Å². The van der Waals surface area contributed by atoms with Crippen LogP contribution in [0.5, 0.6) is 0 Å². The Morgan fingerprint density at radius 3 is 2.64 bits per heavy atom. The minimum absolute atomic E-state index is 0.344. The summed E-state index contributed by atoms with van der Waals surface area (Å²) in [4.78, 5) is 9.24. The van der Waals surface area contributed by atoms with Gasteiger partial charge in [-0.25, -0.2) is 0 Å². The summed E-state index contributed by atoms with van der Waals surface area (Å²) in [5.74, 6) is 4.51. The highest BCUT2D eigenvalue weighted by molar-refractivity contribution is 7.92. The minimum atomic E-state index is -4.08. The van der Waals surface area contributed by atoms with Crippen LogP contribution in [0.15, 0.2) is 29.2 Å². The highest BCUT2D eigenvalue weighted by atomic mass is 32.3. The molecule has 0 aromatic heterocycles. The first-order valence-corrected chi connectivity index (χ1v) is 4.76.